The van der Waals surface area contributed by atoms with Gasteiger partial charge in [-0.3, -0.25) is 0 Å². The Kier molecular flexibility index (Phi) is 3.30. The minimum atomic E-state index is 0.478. The van der Waals surface area contributed by atoms with E-state index in [0.29, 0.717) is 5.92 Å². The quantitative estimate of drug-likeness (QED) is 0.454. The van der Waals surface area contributed by atoms with E-state index in [-0.39, 0.29) is 0 Å². The monoisotopic (exact) mass is 382 g/mol. The lowest BCUT2D eigenvalue weighted by molar-refractivity contribution is 0.821. The molecule has 1 atom stereocenters. The average molecular weight is 382 g/mol. The Bertz CT molecular complexity index is 828. The van der Waals surface area contributed by atoms with Crippen LogP contribution in [0.2, 0.25) is 0 Å². The second-order valence-electron chi connectivity index (χ2n) is 5.57. The number of benzene rings is 3. The molecule has 0 saturated carbocycles. The number of rotatable bonds is 1. The first-order valence-corrected chi connectivity index (χ1v) is 8.34. The number of halogens is 1. The third-order valence-electron chi connectivity index (χ3n) is 4.27. The van der Waals surface area contributed by atoms with Crippen molar-refractivity contribution in [2.45, 2.75) is 12.3 Å². The highest BCUT2D eigenvalue weighted by molar-refractivity contribution is 14.1. The molecule has 0 fully saturated rings. The summed E-state index contributed by atoms with van der Waals surface area (Å²) < 4.78 is 1.29. The number of hydrogen-bond acceptors (Lipinski definition) is 0. The molecule has 0 nitrogen and oxygen atoms in total. The molecule has 21 heavy (non-hydrogen) atoms. The maximum atomic E-state index is 2.37. The van der Waals surface area contributed by atoms with Gasteiger partial charge in [-0.05, 0) is 80.7 Å². The number of hydrogen-bond donors (Lipinski definition) is 0. The Labute approximate surface area is 138 Å². The predicted molar refractivity (Wildman–Crippen MR) is 98.6 cm³/mol. The van der Waals surface area contributed by atoms with Crippen LogP contribution < -0.4 is 0 Å². The van der Waals surface area contributed by atoms with Gasteiger partial charge in [0.25, 0.3) is 0 Å². The van der Waals surface area contributed by atoms with Crippen molar-refractivity contribution in [2.24, 2.45) is 0 Å². The summed E-state index contributed by atoms with van der Waals surface area (Å²) in [5.74, 6) is 0.478. The molecule has 4 rings (SSSR count). The maximum absolute atomic E-state index is 2.37. The summed E-state index contributed by atoms with van der Waals surface area (Å²) in [4.78, 5) is 0. The molecule has 0 bridgehead atoms. The molecule has 102 valence electrons. The molecule has 0 amide bonds. The van der Waals surface area contributed by atoms with E-state index in [2.05, 4.69) is 95.4 Å². The maximum Gasteiger partial charge on any atom is 0.0130 e. The van der Waals surface area contributed by atoms with E-state index in [4.69, 9.17) is 0 Å². The van der Waals surface area contributed by atoms with E-state index in [9.17, 15) is 0 Å². The van der Waals surface area contributed by atoms with Crippen molar-refractivity contribution in [1.29, 1.82) is 0 Å². The Morgan fingerprint density at radius 3 is 2.33 bits per heavy atom. The Balaban J connectivity index is 1.88. The van der Waals surface area contributed by atoms with Crippen LogP contribution in [0.15, 0.2) is 66.7 Å². The first kappa shape index (κ1) is 13.1. The fraction of sp³-hybridized carbons (Fsp3) is 0.100. The summed E-state index contributed by atoms with van der Waals surface area (Å²) >= 11 is 2.36. The molecule has 0 aliphatic heterocycles. The molecular weight excluding hydrogens is 367 g/mol. The van der Waals surface area contributed by atoms with Crippen molar-refractivity contribution in [3.63, 3.8) is 0 Å². The van der Waals surface area contributed by atoms with Gasteiger partial charge < -0.3 is 0 Å². The van der Waals surface area contributed by atoms with Crippen LogP contribution in [-0.4, -0.2) is 0 Å². The van der Waals surface area contributed by atoms with Gasteiger partial charge in [-0.15, -0.1) is 0 Å². The molecule has 1 unspecified atom stereocenters. The molecule has 3 aromatic rings. The first-order valence-electron chi connectivity index (χ1n) is 7.26. The fourth-order valence-corrected chi connectivity index (χ4v) is 3.55. The number of fused-ring (bicyclic) bond motifs is 2. The smallest absolute Gasteiger partial charge is 0.0130 e. The van der Waals surface area contributed by atoms with Crippen LogP contribution in [0.1, 0.15) is 29.0 Å². The van der Waals surface area contributed by atoms with Gasteiger partial charge >= 0.3 is 0 Å². The topological polar surface area (TPSA) is 0 Å². The summed E-state index contributed by atoms with van der Waals surface area (Å²) in [6.45, 7) is 0. The van der Waals surface area contributed by atoms with Crippen LogP contribution in [0.25, 0.3) is 16.8 Å². The van der Waals surface area contributed by atoms with Crippen LogP contribution in [0.3, 0.4) is 0 Å². The molecule has 1 heteroatoms. The van der Waals surface area contributed by atoms with Gasteiger partial charge in [0.1, 0.15) is 0 Å². The summed E-state index contributed by atoms with van der Waals surface area (Å²) in [5.41, 5.74) is 4.23. The van der Waals surface area contributed by atoms with Crippen molar-refractivity contribution in [2.75, 3.05) is 0 Å². The fourth-order valence-electron chi connectivity index (χ4n) is 3.19. The van der Waals surface area contributed by atoms with Gasteiger partial charge in [0.2, 0.25) is 0 Å². The van der Waals surface area contributed by atoms with Crippen LogP contribution in [-0.2, 0) is 0 Å². The molecule has 3 aromatic carbocycles. The van der Waals surface area contributed by atoms with E-state index in [1.54, 1.807) is 0 Å². The van der Waals surface area contributed by atoms with Crippen LogP contribution in [0, 0.1) is 3.57 Å². The lowest BCUT2D eigenvalue weighted by Gasteiger charge is -2.23. The van der Waals surface area contributed by atoms with Gasteiger partial charge in [0.15, 0.2) is 0 Å². The molecule has 0 heterocycles. The van der Waals surface area contributed by atoms with Gasteiger partial charge in [-0.1, -0.05) is 48.6 Å². The highest BCUT2D eigenvalue weighted by Gasteiger charge is 2.19. The van der Waals surface area contributed by atoms with E-state index in [0.717, 1.165) is 6.42 Å². The van der Waals surface area contributed by atoms with Crippen molar-refractivity contribution in [1.82, 2.24) is 0 Å². The van der Waals surface area contributed by atoms with E-state index in [1.165, 1.54) is 31.0 Å². The second-order valence-corrected chi connectivity index (χ2v) is 6.82. The van der Waals surface area contributed by atoms with E-state index >= 15 is 0 Å². The summed E-state index contributed by atoms with van der Waals surface area (Å²) in [5, 5.41) is 2.66. The zero-order valence-corrected chi connectivity index (χ0v) is 13.7. The zero-order chi connectivity index (χ0) is 14.2. The van der Waals surface area contributed by atoms with Gasteiger partial charge in [-0.25, -0.2) is 0 Å². The second kappa shape index (κ2) is 5.30. The van der Waals surface area contributed by atoms with Gasteiger partial charge in [0.05, 0.1) is 0 Å². The van der Waals surface area contributed by atoms with E-state index in [1.807, 2.05) is 0 Å². The van der Waals surface area contributed by atoms with Crippen molar-refractivity contribution in [3.05, 3.63) is 87.0 Å². The molecule has 0 spiro atoms. The van der Waals surface area contributed by atoms with Crippen molar-refractivity contribution in [3.8, 4) is 0 Å². The zero-order valence-electron chi connectivity index (χ0n) is 11.6. The SMILES string of the molecule is Ic1ccc(C2CC=Cc3cc4ccccc4cc32)cc1. The molecule has 0 aromatic heterocycles. The summed E-state index contributed by atoms with van der Waals surface area (Å²) in [6, 6.07) is 22.3. The highest BCUT2D eigenvalue weighted by atomic mass is 127. The molecule has 0 radical (unpaired) electrons. The summed E-state index contributed by atoms with van der Waals surface area (Å²) in [7, 11) is 0. The van der Waals surface area contributed by atoms with Crippen molar-refractivity contribution >= 4 is 39.4 Å². The first-order chi connectivity index (χ1) is 10.3. The summed E-state index contributed by atoms with van der Waals surface area (Å²) in [6.07, 6.45) is 5.66. The van der Waals surface area contributed by atoms with Gasteiger partial charge in [0, 0.05) is 9.49 Å². The van der Waals surface area contributed by atoms with Crippen molar-refractivity contribution < 1.29 is 0 Å². The third kappa shape index (κ3) is 2.40. The standard InChI is InChI=1S/C20H15I/c21-18-10-8-14(9-11-18)19-7-3-6-17-12-15-4-1-2-5-16(15)13-20(17)19/h1-6,8-13,19H,7H2. The molecule has 0 N–H and O–H groups in total. The third-order valence-corrected chi connectivity index (χ3v) is 4.99. The predicted octanol–water partition coefficient (Wildman–Crippen LogP) is 5.99. The van der Waals surface area contributed by atoms with Crippen LogP contribution in [0.4, 0.5) is 0 Å². The molecule has 1 aliphatic carbocycles. The minimum Gasteiger partial charge on any atom is -0.0830 e. The molecule has 0 saturated heterocycles. The Hall–Kier alpha value is -1.61. The van der Waals surface area contributed by atoms with Crippen LogP contribution in [0.5, 0.6) is 0 Å². The molecular formula is C20H15I. The average Bonchev–Trinajstić information content (AvgIpc) is 2.53. The Morgan fingerprint density at radius 2 is 1.57 bits per heavy atom. The number of allylic oxidation sites excluding steroid dienone is 1. The lowest BCUT2D eigenvalue weighted by atomic mass is 9.81. The highest BCUT2D eigenvalue weighted by Crippen LogP contribution is 2.37. The van der Waals surface area contributed by atoms with Crippen LogP contribution >= 0.6 is 22.6 Å². The minimum absolute atomic E-state index is 0.478. The normalized spacial score (nSPS) is 16.9. The van der Waals surface area contributed by atoms with Gasteiger partial charge in [-0.2, -0.15) is 0 Å². The van der Waals surface area contributed by atoms with E-state index < -0.39 is 0 Å². The lowest BCUT2D eigenvalue weighted by Crippen LogP contribution is -2.05. The molecule has 1 aliphatic rings. The Morgan fingerprint density at radius 1 is 0.857 bits per heavy atom. The largest absolute Gasteiger partial charge is 0.0830 e.